The van der Waals surface area contributed by atoms with E-state index < -0.39 is 14.6 Å². The molecule has 0 amide bonds. The van der Waals surface area contributed by atoms with Gasteiger partial charge in [0.05, 0.1) is 30.5 Å². The Morgan fingerprint density at radius 2 is 1.47 bits per heavy atom. The quantitative estimate of drug-likeness (QED) is 0.405. The molecule has 3 rings (SSSR count). The third kappa shape index (κ3) is 6.85. The van der Waals surface area contributed by atoms with Gasteiger partial charge in [-0.2, -0.15) is 0 Å². The topological polar surface area (TPSA) is 55.4 Å². The summed E-state index contributed by atoms with van der Waals surface area (Å²) < 4.78 is 37.6. The van der Waals surface area contributed by atoms with E-state index >= 15 is 0 Å². The molecule has 2 aliphatic rings. The van der Waals surface area contributed by atoms with Crippen LogP contribution in [0.3, 0.4) is 0 Å². The molecule has 2 heterocycles. The second kappa shape index (κ2) is 11.7. The molecular formula is C26H44O6SSi. The van der Waals surface area contributed by atoms with Crippen molar-refractivity contribution in [3.63, 3.8) is 0 Å². The van der Waals surface area contributed by atoms with Gasteiger partial charge in [0.15, 0.2) is 14.6 Å². The predicted octanol–water partition coefficient (Wildman–Crippen LogP) is 5.85. The molecule has 0 bridgehead atoms. The summed E-state index contributed by atoms with van der Waals surface area (Å²) in [4.78, 5) is 1.19. The summed E-state index contributed by atoms with van der Waals surface area (Å²) >= 11 is 1.73. The Bertz CT molecular complexity index is 757. The van der Waals surface area contributed by atoms with E-state index in [1.54, 1.807) is 26.0 Å². The first-order valence-electron chi connectivity index (χ1n) is 12.4. The number of thioether (sulfide) groups is 1. The number of methoxy groups -OCH3 is 2. The average Bonchev–Trinajstić information content (AvgIpc) is 2.76. The van der Waals surface area contributed by atoms with Gasteiger partial charge in [0, 0.05) is 32.0 Å². The molecule has 0 radical (unpaired) electrons. The van der Waals surface area contributed by atoms with Gasteiger partial charge >= 0.3 is 0 Å². The van der Waals surface area contributed by atoms with Gasteiger partial charge in [0.25, 0.3) is 0 Å². The molecule has 6 nitrogen and oxygen atoms in total. The molecule has 8 atom stereocenters. The summed E-state index contributed by atoms with van der Waals surface area (Å²) in [5.74, 6) is 0. The molecule has 1 aromatic carbocycles. The Balaban J connectivity index is 1.62. The van der Waals surface area contributed by atoms with Crippen LogP contribution < -0.4 is 0 Å². The van der Waals surface area contributed by atoms with Crippen LogP contribution in [0, 0.1) is 0 Å². The van der Waals surface area contributed by atoms with Gasteiger partial charge in [-0.3, -0.25) is 0 Å². The monoisotopic (exact) mass is 512 g/mol. The third-order valence-corrected chi connectivity index (χ3v) is 13.0. The van der Waals surface area contributed by atoms with Crippen molar-refractivity contribution in [2.75, 3.05) is 14.2 Å². The Morgan fingerprint density at radius 1 is 0.882 bits per heavy atom. The molecule has 0 aromatic heterocycles. The maximum absolute atomic E-state index is 6.71. The molecule has 0 spiro atoms. The fourth-order valence-corrected chi connectivity index (χ4v) is 6.85. The highest BCUT2D eigenvalue weighted by molar-refractivity contribution is 7.99. The lowest BCUT2D eigenvalue weighted by Crippen LogP contribution is -2.57. The van der Waals surface area contributed by atoms with Gasteiger partial charge in [-0.15, -0.1) is 0 Å². The maximum atomic E-state index is 6.71. The molecule has 2 aliphatic heterocycles. The van der Waals surface area contributed by atoms with E-state index in [1.807, 2.05) is 18.2 Å². The second-order valence-corrected chi connectivity index (χ2v) is 16.9. The number of hydrogen-bond acceptors (Lipinski definition) is 7. The average molecular weight is 513 g/mol. The van der Waals surface area contributed by atoms with Crippen molar-refractivity contribution in [3.05, 3.63) is 30.3 Å². The van der Waals surface area contributed by atoms with Gasteiger partial charge < -0.3 is 28.1 Å². The van der Waals surface area contributed by atoms with Crippen LogP contribution in [0.15, 0.2) is 35.2 Å². The van der Waals surface area contributed by atoms with Crippen LogP contribution in [0.1, 0.15) is 47.5 Å². The Morgan fingerprint density at radius 3 is 2.06 bits per heavy atom. The first-order valence-corrected chi connectivity index (χ1v) is 16.2. The molecule has 1 aromatic rings. The van der Waals surface area contributed by atoms with Crippen LogP contribution in [0.4, 0.5) is 0 Å². The Labute approximate surface area is 211 Å². The highest BCUT2D eigenvalue weighted by Gasteiger charge is 2.47. The standard InChI is InChI=1S/C26H44O6SSi/c1-17-24(21(28-7)16-23(30-17)33-19-13-11-10-12-14-19)31-22-15-20(27-6)25(18(2)29-22)32-34(8,9)26(3,4)5/h10-14,17-18,20-25H,15-16H2,1-9H3/t17-,18-,20-,21-,22-,23-,24-,25-/m0/s1. The molecule has 0 unspecified atom stereocenters. The van der Waals surface area contributed by atoms with Gasteiger partial charge in [-0.25, -0.2) is 0 Å². The van der Waals surface area contributed by atoms with E-state index in [0.29, 0.717) is 6.42 Å². The lowest BCUT2D eigenvalue weighted by molar-refractivity contribution is -0.291. The van der Waals surface area contributed by atoms with E-state index in [4.69, 9.17) is 28.1 Å². The summed E-state index contributed by atoms with van der Waals surface area (Å²) in [7, 11) is 1.52. The molecule has 34 heavy (non-hydrogen) atoms. The van der Waals surface area contributed by atoms with E-state index in [9.17, 15) is 0 Å². The number of rotatable bonds is 8. The molecular weight excluding hydrogens is 468 g/mol. The van der Waals surface area contributed by atoms with Crippen molar-refractivity contribution in [2.45, 2.75) is 119 Å². The van der Waals surface area contributed by atoms with Crippen molar-refractivity contribution < 1.29 is 28.1 Å². The number of ether oxygens (including phenoxy) is 5. The molecule has 2 saturated heterocycles. The van der Waals surface area contributed by atoms with E-state index in [-0.39, 0.29) is 47.1 Å². The van der Waals surface area contributed by atoms with Crippen molar-refractivity contribution in [1.29, 1.82) is 0 Å². The first-order chi connectivity index (χ1) is 15.9. The number of hydrogen-bond donors (Lipinski definition) is 0. The minimum absolute atomic E-state index is 0.0162. The smallest absolute Gasteiger partial charge is 0.192 e. The van der Waals surface area contributed by atoms with Gasteiger partial charge in [0.2, 0.25) is 0 Å². The Hall–Kier alpha value is -0.453. The highest BCUT2D eigenvalue weighted by Crippen LogP contribution is 2.40. The third-order valence-electron chi connectivity index (χ3n) is 7.40. The van der Waals surface area contributed by atoms with Crippen molar-refractivity contribution in [2.24, 2.45) is 0 Å². The van der Waals surface area contributed by atoms with Crippen LogP contribution in [-0.2, 0) is 28.1 Å². The normalized spacial score (nSPS) is 35.3. The Kier molecular flexibility index (Phi) is 9.70. The van der Waals surface area contributed by atoms with Crippen LogP contribution in [0.5, 0.6) is 0 Å². The largest absolute Gasteiger partial charge is 0.409 e. The molecule has 8 heteroatoms. The molecule has 2 fully saturated rings. The fraction of sp³-hybridized carbons (Fsp3) is 0.769. The van der Waals surface area contributed by atoms with Crippen LogP contribution in [-0.4, -0.2) is 70.9 Å². The zero-order valence-corrected chi connectivity index (χ0v) is 24.1. The molecule has 0 N–H and O–H groups in total. The summed E-state index contributed by atoms with van der Waals surface area (Å²) in [5, 5.41) is 0.118. The van der Waals surface area contributed by atoms with Crippen LogP contribution >= 0.6 is 11.8 Å². The van der Waals surface area contributed by atoms with Crippen molar-refractivity contribution in [3.8, 4) is 0 Å². The zero-order valence-electron chi connectivity index (χ0n) is 22.3. The van der Waals surface area contributed by atoms with E-state index in [1.165, 1.54) is 4.90 Å². The first kappa shape index (κ1) is 28.1. The van der Waals surface area contributed by atoms with Gasteiger partial charge in [-0.05, 0) is 44.1 Å². The fourth-order valence-electron chi connectivity index (χ4n) is 4.33. The summed E-state index contributed by atoms with van der Waals surface area (Å²) in [6, 6.07) is 10.3. The van der Waals surface area contributed by atoms with Crippen molar-refractivity contribution in [1.82, 2.24) is 0 Å². The van der Waals surface area contributed by atoms with E-state index in [2.05, 4.69) is 59.8 Å². The lowest BCUT2D eigenvalue weighted by atomic mass is 10.0. The summed E-state index contributed by atoms with van der Waals surface area (Å²) in [6.07, 6.45) is 0.199. The van der Waals surface area contributed by atoms with Crippen LogP contribution in [0.25, 0.3) is 0 Å². The van der Waals surface area contributed by atoms with Crippen LogP contribution in [0.2, 0.25) is 18.1 Å². The second-order valence-electron chi connectivity index (χ2n) is 10.9. The van der Waals surface area contributed by atoms with E-state index in [0.717, 1.165) is 6.42 Å². The highest BCUT2D eigenvalue weighted by atomic mass is 32.2. The predicted molar refractivity (Wildman–Crippen MR) is 139 cm³/mol. The van der Waals surface area contributed by atoms with Gasteiger partial charge in [-0.1, -0.05) is 50.7 Å². The minimum Gasteiger partial charge on any atom is -0.409 e. The molecule has 0 saturated carbocycles. The number of benzene rings is 1. The maximum Gasteiger partial charge on any atom is 0.192 e. The summed E-state index contributed by atoms with van der Waals surface area (Å²) in [5.41, 5.74) is 0.0162. The minimum atomic E-state index is -1.97. The van der Waals surface area contributed by atoms with Crippen molar-refractivity contribution >= 4 is 20.1 Å². The molecule has 0 aliphatic carbocycles. The zero-order chi connectivity index (χ0) is 25.1. The summed E-state index contributed by atoms with van der Waals surface area (Å²) in [6.45, 7) is 15.4. The molecule has 194 valence electrons. The van der Waals surface area contributed by atoms with Gasteiger partial charge in [0.1, 0.15) is 11.5 Å². The lowest BCUT2D eigenvalue weighted by Gasteiger charge is -2.47. The SMILES string of the molecule is CO[C@H]1C[C@H](O[C@H]2[C@H](C)O[C@@H](Sc3ccccc3)C[C@@H]2OC)O[C@@H](C)[C@@H]1O[Si](C)(C)C(C)(C)C.